The molecule has 6 nitrogen and oxygen atoms in total. The summed E-state index contributed by atoms with van der Waals surface area (Å²) in [5, 5.41) is 19.7. The number of rotatable bonds is 5. The summed E-state index contributed by atoms with van der Waals surface area (Å²) < 4.78 is 0. The molecule has 0 amide bonds. The first-order chi connectivity index (χ1) is 7.90. The third kappa shape index (κ3) is 2.79. The van der Waals surface area contributed by atoms with Crippen molar-refractivity contribution in [2.24, 2.45) is 5.73 Å². The summed E-state index contributed by atoms with van der Waals surface area (Å²) in [6.45, 7) is 1.65. The average molecular weight is 238 g/mol. The average Bonchev–Trinajstić information content (AvgIpc) is 2.28. The van der Waals surface area contributed by atoms with Gasteiger partial charge in [0.15, 0.2) is 0 Å². The number of benzene rings is 1. The summed E-state index contributed by atoms with van der Waals surface area (Å²) in [6, 6.07) is 6.08. The lowest BCUT2D eigenvalue weighted by atomic mass is 9.78. The van der Waals surface area contributed by atoms with Gasteiger partial charge in [-0.3, -0.25) is 14.9 Å². The molecule has 0 aromatic heterocycles. The standard InChI is InChI=1S/C11H14N2O4/c1-11(7-12,6-10(14)15)8-4-2-3-5-9(8)13(16)17/h2-5H,6-7,12H2,1H3,(H,14,15). The lowest BCUT2D eigenvalue weighted by molar-refractivity contribution is -0.386. The second kappa shape index (κ2) is 4.92. The molecule has 0 fully saturated rings. The smallest absolute Gasteiger partial charge is 0.304 e. The first-order valence-corrected chi connectivity index (χ1v) is 5.06. The van der Waals surface area contributed by atoms with Crippen LogP contribution < -0.4 is 5.73 Å². The molecule has 0 spiro atoms. The number of nitrogens with zero attached hydrogens (tertiary/aromatic N) is 1. The predicted octanol–water partition coefficient (Wildman–Crippen LogP) is 1.29. The summed E-state index contributed by atoms with van der Waals surface area (Å²) >= 11 is 0. The van der Waals surface area contributed by atoms with E-state index < -0.39 is 16.3 Å². The van der Waals surface area contributed by atoms with Gasteiger partial charge in [-0.25, -0.2) is 0 Å². The summed E-state index contributed by atoms with van der Waals surface area (Å²) in [7, 11) is 0. The van der Waals surface area contributed by atoms with Crippen LogP contribution in [-0.4, -0.2) is 22.5 Å². The highest BCUT2D eigenvalue weighted by atomic mass is 16.6. The third-order valence-corrected chi connectivity index (χ3v) is 2.74. The number of nitro groups is 1. The van der Waals surface area contributed by atoms with E-state index in [4.69, 9.17) is 10.8 Å². The van der Waals surface area contributed by atoms with Crippen LogP contribution in [0.5, 0.6) is 0 Å². The Morgan fingerprint density at radius 1 is 1.53 bits per heavy atom. The molecule has 0 saturated heterocycles. The maximum absolute atomic E-state index is 10.9. The summed E-state index contributed by atoms with van der Waals surface area (Å²) in [5.41, 5.74) is 4.90. The molecule has 3 N–H and O–H groups in total. The molecule has 1 atom stereocenters. The van der Waals surface area contributed by atoms with Crippen LogP contribution in [0.3, 0.4) is 0 Å². The summed E-state index contributed by atoms with van der Waals surface area (Å²) in [5.74, 6) is -1.03. The van der Waals surface area contributed by atoms with E-state index in [1.54, 1.807) is 25.1 Å². The maximum atomic E-state index is 10.9. The van der Waals surface area contributed by atoms with Crippen molar-refractivity contribution in [1.29, 1.82) is 0 Å². The van der Waals surface area contributed by atoms with Gasteiger partial charge in [0.25, 0.3) is 5.69 Å². The molecule has 0 heterocycles. The molecule has 6 heteroatoms. The Hall–Kier alpha value is -1.95. The van der Waals surface area contributed by atoms with Crippen LogP contribution in [0.1, 0.15) is 18.9 Å². The molecular formula is C11H14N2O4. The van der Waals surface area contributed by atoms with Crippen LogP contribution in [0.2, 0.25) is 0 Å². The van der Waals surface area contributed by atoms with Crippen molar-refractivity contribution in [2.75, 3.05) is 6.54 Å². The molecule has 0 aliphatic heterocycles. The summed E-state index contributed by atoms with van der Waals surface area (Å²) in [4.78, 5) is 21.2. The second-order valence-electron chi connectivity index (χ2n) is 4.11. The fraction of sp³-hybridized carbons (Fsp3) is 0.364. The van der Waals surface area contributed by atoms with Gasteiger partial charge >= 0.3 is 5.97 Å². The molecule has 0 aliphatic rings. The van der Waals surface area contributed by atoms with Crippen LogP contribution in [0.15, 0.2) is 24.3 Å². The Kier molecular flexibility index (Phi) is 3.80. The minimum Gasteiger partial charge on any atom is -0.481 e. The van der Waals surface area contributed by atoms with Crippen molar-refractivity contribution in [3.63, 3.8) is 0 Å². The molecule has 17 heavy (non-hydrogen) atoms. The zero-order valence-corrected chi connectivity index (χ0v) is 9.42. The SMILES string of the molecule is CC(CN)(CC(=O)O)c1ccccc1[N+](=O)[O-]. The van der Waals surface area contributed by atoms with Gasteiger partial charge in [-0.1, -0.05) is 25.1 Å². The molecule has 0 aliphatic carbocycles. The Balaban J connectivity index is 3.28. The third-order valence-electron chi connectivity index (χ3n) is 2.74. The van der Waals surface area contributed by atoms with E-state index in [1.165, 1.54) is 6.07 Å². The van der Waals surface area contributed by atoms with Crippen LogP contribution in [-0.2, 0) is 10.2 Å². The minimum atomic E-state index is -1.03. The van der Waals surface area contributed by atoms with Gasteiger partial charge in [0.1, 0.15) is 0 Å². The number of carboxylic acids is 1. The van der Waals surface area contributed by atoms with Gasteiger partial charge in [0.2, 0.25) is 0 Å². The van der Waals surface area contributed by atoms with Crippen molar-refractivity contribution in [1.82, 2.24) is 0 Å². The topological polar surface area (TPSA) is 106 Å². The monoisotopic (exact) mass is 238 g/mol. The number of aliphatic carboxylic acids is 1. The van der Waals surface area contributed by atoms with Crippen molar-refractivity contribution >= 4 is 11.7 Å². The Morgan fingerprint density at radius 2 is 2.12 bits per heavy atom. The molecule has 1 aromatic carbocycles. The number of nitro benzene ring substituents is 1. The molecule has 1 unspecified atom stereocenters. The van der Waals surface area contributed by atoms with Crippen molar-refractivity contribution in [2.45, 2.75) is 18.8 Å². The fourth-order valence-electron chi connectivity index (χ4n) is 1.75. The molecule has 0 saturated carbocycles. The van der Waals surface area contributed by atoms with E-state index >= 15 is 0 Å². The number of carbonyl (C=O) groups is 1. The van der Waals surface area contributed by atoms with Gasteiger partial charge in [-0.05, 0) is 0 Å². The van der Waals surface area contributed by atoms with E-state index in [-0.39, 0.29) is 18.7 Å². The highest BCUT2D eigenvalue weighted by Crippen LogP contribution is 2.33. The zero-order chi connectivity index (χ0) is 13.1. The highest BCUT2D eigenvalue weighted by Gasteiger charge is 2.33. The largest absolute Gasteiger partial charge is 0.481 e. The number of hydrogen-bond donors (Lipinski definition) is 2. The van der Waals surface area contributed by atoms with E-state index in [2.05, 4.69) is 0 Å². The molecule has 1 rings (SSSR count). The van der Waals surface area contributed by atoms with Crippen LogP contribution >= 0.6 is 0 Å². The first-order valence-electron chi connectivity index (χ1n) is 5.06. The predicted molar refractivity (Wildman–Crippen MR) is 61.8 cm³/mol. The zero-order valence-electron chi connectivity index (χ0n) is 9.42. The van der Waals surface area contributed by atoms with Crippen molar-refractivity contribution in [3.05, 3.63) is 39.9 Å². The van der Waals surface area contributed by atoms with Gasteiger partial charge in [0.05, 0.1) is 11.3 Å². The van der Waals surface area contributed by atoms with Crippen LogP contribution in [0.25, 0.3) is 0 Å². The molecular weight excluding hydrogens is 224 g/mol. The van der Waals surface area contributed by atoms with Crippen molar-refractivity contribution in [3.8, 4) is 0 Å². The fourth-order valence-corrected chi connectivity index (χ4v) is 1.75. The Bertz CT molecular complexity index is 447. The Labute approximate surface area is 98.2 Å². The number of para-hydroxylation sites is 1. The van der Waals surface area contributed by atoms with Gasteiger partial charge in [-0.15, -0.1) is 0 Å². The molecule has 1 aromatic rings. The number of nitrogens with two attached hydrogens (primary N) is 1. The van der Waals surface area contributed by atoms with Gasteiger partial charge < -0.3 is 10.8 Å². The molecule has 0 radical (unpaired) electrons. The van der Waals surface area contributed by atoms with Gasteiger partial charge in [0, 0.05) is 23.6 Å². The quantitative estimate of drug-likeness (QED) is 0.593. The minimum absolute atomic E-state index is 0.0319. The van der Waals surface area contributed by atoms with E-state index in [0.29, 0.717) is 5.56 Å². The van der Waals surface area contributed by atoms with E-state index in [9.17, 15) is 14.9 Å². The highest BCUT2D eigenvalue weighted by molar-refractivity contribution is 5.69. The second-order valence-corrected chi connectivity index (χ2v) is 4.11. The first kappa shape index (κ1) is 13.1. The molecule has 92 valence electrons. The lowest BCUT2D eigenvalue weighted by Crippen LogP contribution is -2.35. The summed E-state index contributed by atoms with van der Waals surface area (Å²) in [6.07, 6.45) is -0.242. The van der Waals surface area contributed by atoms with E-state index in [1.807, 2.05) is 0 Å². The van der Waals surface area contributed by atoms with Crippen molar-refractivity contribution < 1.29 is 14.8 Å². The normalized spacial score (nSPS) is 14.0. The van der Waals surface area contributed by atoms with Crippen LogP contribution in [0, 0.1) is 10.1 Å². The Morgan fingerprint density at radius 3 is 2.59 bits per heavy atom. The maximum Gasteiger partial charge on any atom is 0.304 e. The van der Waals surface area contributed by atoms with E-state index in [0.717, 1.165) is 0 Å². The van der Waals surface area contributed by atoms with Crippen LogP contribution in [0.4, 0.5) is 5.69 Å². The number of hydrogen-bond acceptors (Lipinski definition) is 4. The number of carboxylic acid groups (broad SMARTS) is 1. The van der Waals surface area contributed by atoms with Gasteiger partial charge in [-0.2, -0.15) is 0 Å². The lowest BCUT2D eigenvalue weighted by Gasteiger charge is -2.26. The molecule has 0 bridgehead atoms.